The second-order valence-electron chi connectivity index (χ2n) is 8.85. The molecule has 0 unspecified atom stereocenters. The Morgan fingerprint density at radius 1 is 0.771 bits per heavy atom. The lowest BCUT2D eigenvalue weighted by atomic mass is 9.91. The van der Waals surface area contributed by atoms with Gasteiger partial charge in [-0.05, 0) is 23.1 Å². The minimum absolute atomic E-state index is 0.209. The molecule has 4 rings (SSSR count). The molecule has 1 aliphatic heterocycles. The third-order valence-corrected chi connectivity index (χ3v) is 6.28. The fraction of sp³-hybridized carbons (Fsp3) is 0.333. The van der Waals surface area contributed by atoms with E-state index in [1.807, 2.05) is 91.0 Å². The molecule has 1 fully saturated rings. The first-order chi connectivity index (χ1) is 17.2. The summed E-state index contributed by atoms with van der Waals surface area (Å²) in [7, 11) is 0. The monoisotopic (exact) mass is 474 g/mol. The molecule has 3 aromatic carbocycles. The minimum Gasteiger partial charge on any atom is -0.393 e. The highest BCUT2D eigenvalue weighted by Crippen LogP contribution is 2.39. The van der Waals surface area contributed by atoms with Crippen molar-refractivity contribution in [1.82, 2.24) is 0 Å². The van der Waals surface area contributed by atoms with E-state index in [0.717, 1.165) is 16.7 Å². The Labute approximate surface area is 207 Å². The molecule has 35 heavy (non-hydrogen) atoms. The van der Waals surface area contributed by atoms with E-state index >= 15 is 0 Å². The number of benzene rings is 3. The van der Waals surface area contributed by atoms with Gasteiger partial charge in [-0.2, -0.15) is 0 Å². The summed E-state index contributed by atoms with van der Waals surface area (Å²) in [6.45, 7) is 5.27. The van der Waals surface area contributed by atoms with Crippen LogP contribution in [0.1, 0.15) is 23.1 Å². The van der Waals surface area contributed by atoms with Gasteiger partial charge in [0.15, 0.2) is 0 Å². The third-order valence-electron chi connectivity index (χ3n) is 6.28. The van der Waals surface area contributed by atoms with Crippen LogP contribution in [0.5, 0.6) is 0 Å². The molecule has 0 aliphatic carbocycles. The van der Waals surface area contributed by atoms with Crippen molar-refractivity contribution in [3.05, 3.63) is 120 Å². The maximum absolute atomic E-state index is 10.5. The summed E-state index contributed by atoms with van der Waals surface area (Å²) in [4.78, 5) is 0. The van der Waals surface area contributed by atoms with Crippen molar-refractivity contribution in [3.8, 4) is 0 Å². The van der Waals surface area contributed by atoms with Crippen molar-refractivity contribution in [1.29, 1.82) is 0 Å². The third kappa shape index (κ3) is 6.66. The Morgan fingerprint density at radius 3 is 1.80 bits per heavy atom. The summed E-state index contributed by atoms with van der Waals surface area (Å²) in [5.74, 6) is 0. The zero-order valence-corrected chi connectivity index (χ0v) is 20.0. The molecule has 1 saturated heterocycles. The molecule has 0 spiro atoms. The fourth-order valence-electron chi connectivity index (χ4n) is 4.49. The molecule has 5 heteroatoms. The highest BCUT2D eigenvalue weighted by molar-refractivity contribution is 5.16. The van der Waals surface area contributed by atoms with Crippen molar-refractivity contribution in [2.75, 3.05) is 13.2 Å². The van der Waals surface area contributed by atoms with Gasteiger partial charge in [-0.3, -0.25) is 0 Å². The van der Waals surface area contributed by atoms with E-state index < -0.39 is 23.9 Å². The molecular formula is C30H34O5. The second-order valence-corrected chi connectivity index (χ2v) is 8.85. The zero-order valence-electron chi connectivity index (χ0n) is 20.0. The number of hydrogen-bond donors (Lipinski definition) is 1. The van der Waals surface area contributed by atoms with Gasteiger partial charge >= 0.3 is 0 Å². The van der Waals surface area contributed by atoms with Gasteiger partial charge in [0.25, 0.3) is 0 Å². The van der Waals surface area contributed by atoms with Gasteiger partial charge in [0, 0.05) is 0 Å². The Balaban J connectivity index is 1.53. The molecule has 4 atom stereocenters. The van der Waals surface area contributed by atoms with Crippen LogP contribution in [0, 0.1) is 0 Å². The van der Waals surface area contributed by atoms with E-state index in [4.69, 9.17) is 18.9 Å². The summed E-state index contributed by atoms with van der Waals surface area (Å²) in [6, 6.07) is 30.0. The molecule has 0 bridgehead atoms. The molecule has 0 saturated carbocycles. The molecular weight excluding hydrogens is 440 g/mol. The molecule has 0 radical (unpaired) electrons. The average Bonchev–Trinajstić information content (AvgIpc) is 3.20. The second kappa shape index (κ2) is 12.8. The maximum atomic E-state index is 10.5. The average molecular weight is 475 g/mol. The van der Waals surface area contributed by atoms with Gasteiger partial charge in [0.05, 0.1) is 33.0 Å². The molecule has 3 aromatic rings. The van der Waals surface area contributed by atoms with Gasteiger partial charge in [-0.1, -0.05) is 97.1 Å². The number of aliphatic hydroxyl groups excluding tert-OH is 1. The van der Waals surface area contributed by atoms with E-state index in [1.54, 1.807) is 6.08 Å². The molecule has 0 aromatic heterocycles. The maximum Gasteiger partial charge on any atom is 0.124 e. The summed E-state index contributed by atoms with van der Waals surface area (Å²) >= 11 is 0. The Hall–Kier alpha value is -2.80. The predicted octanol–water partition coefficient (Wildman–Crippen LogP) is 5.08. The van der Waals surface area contributed by atoms with Gasteiger partial charge in [-0.15, -0.1) is 6.58 Å². The van der Waals surface area contributed by atoms with Gasteiger partial charge in [0.2, 0.25) is 0 Å². The summed E-state index contributed by atoms with van der Waals surface area (Å²) in [6.07, 6.45) is 0.858. The van der Waals surface area contributed by atoms with Crippen LogP contribution in [0.25, 0.3) is 0 Å². The Kier molecular flexibility index (Phi) is 9.23. The lowest BCUT2D eigenvalue weighted by molar-refractivity contribution is -0.139. The number of ether oxygens (including phenoxy) is 4. The summed E-state index contributed by atoms with van der Waals surface area (Å²) < 4.78 is 25.4. The molecule has 1 aliphatic rings. The van der Waals surface area contributed by atoms with Crippen molar-refractivity contribution in [2.24, 2.45) is 0 Å². The van der Waals surface area contributed by atoms with Gasteiger partial charge in [0.1, 0.15) is 23.9 Å². The normalized spacial score (nSPS) is 23.9. The first-order valence-corrected chi connectivity index (χ1v) is 12.1. The highest BCUT2D eigenvalue weighted by atomic mass is 16.6. The highest BCUT2D eigenvalue weighted by Gasteiger charge is 2.55. The van der Waals surface area contributed by atoms with Crippen LogP contribution in [0.2, 0.25) is 0 Å². The summed E-state index contributed by atoms with van der Waals surface area (Å²) in [5, 5.41) is 10.5. The lowest BCUT2D eigenvalue weighted by Gasteiger charge is -2.33. The first-order valence-electron chi connectivity index (χ1n) is 12.1. The molecule has 5 nitrogen and oxygen atoms in total. The van der Waals surface area contributed by atoms with E-state index in [-0.39, 0.29) is 6.61 Å². The van der Waals surface area contributed by atoms with Crippen LogP contribution in [0.15, 0.2) is 104 Å². The van der Waals surface area contributed by atoms with E-state index in [2.05, 4.69) is 6.58 Å². The van der Waals surface area contributed by atoms with E-state index in [9.17, 15) is 5.11 Å². The van der Waals surface area contributed by atoms with E-state index in [1.165, 1.54) is 0 Å². The van der Waals surface area contributed by atoms with Gasteiger partial charge < -0.3 is 24.1 Å². The van der Waals surface area contributed by atoms with Crippen molar-refractivity contribution < 1.29 is 24.1 Å². The minimum atomic E-state index is -0.960. The van der Waals surface area contributed by atoms with Crippen LogP contribution in [0.4, 0.5) is 0 Å². The Bertz CT molecular complexity index is 1010. The Morgan fingerprint density at radius 2 is 1.29 bits per heavy atom. The molecule has 184 valence electrons. The predicted molar refractivity (Wildman–Crippen MR) is 136 cm³/mol. The van der Waals surface area contributed by atoms with Crippen LogP contribution in [-0.4, -0.2) is 42.2 Å². The van der Waals surface area contributed by atoms with Crippen LogP contribution in [-0.2, 0) is 38.8 Å². The lowest BCUT2D eigenvalue weighted by Crippen LogP contribution is -2.48. The fourth-order valence-corrected chi connectivity index (χ4v) is 4.49. The molecule has 0 amide bonds. The number of aliphatic hydroxyl groups is 1. The topological polar surface area (TPSA) is 57.2 Å². The number of hydrogen-bond acceptors (Lipinski definition) is 5. The zero-order chi connectivity index (χ0) is 24.3. The number of rotatable bonds is 13. The smallest absolute Gasteiger partial charge is 0.124 e. The van der Waals surface area contributed by atoms with Crippen LogP contribution >= 0.6 is 0 Å². The summed E-state index contributed by atoms with van der Waals surface area (Å²) in [5.41, 5.74) is 2.23. The van der Waals surface area contributed by atoms with Crippen molar-refractivity contribution in [3.63, 3.8) is 0 Å². The largest absolute Gasteiger partial charge is 0.393 e. The van der Waals surface area contributed by atoms with Crippen molar-refractivity contribution in [2.45, 2.75) is 50.2 Å². The standard InChI is InChI=1S/C30H34O5/c1-2-18-30(23-31)29(34-21-26-16-10-5-11-17-26)28(33-20-25-14-8-4-9-15-25)27(35-30)22-32-19-24-12-6-3-7-13-24/h2-17,27-29,31H,1,18-23H2/t27-,28-,29+,30+/m0/s1. The molecule has 1 N–H and O–H groups in total. The van der Waals surface area contributed by atoms with Crippen molar-refractivity contribution >= 4 is 0 Å². The SMILES string of the molecule is C=CC[C@]1(CO)O[C@@H](COCc2ccccc2)[C@H](OCc2ccccc2)[C@H]1OCc1ccccc1. The quantitative estimate of drug-likeness (QED) is 0.350. The van der Waals surface area contributed by atoms with Crippen LogP contribution < -0.4 is 0 Å². The van der Waals surface area contributed by atoms with E-state index in [0.29, 0.717) is 32.8 Å². The molecule has 1 heterocycles. The van der Waals surface area contributed by atoms with Gasteiger partial charge in [-0.25, -0.2) is 0 Å². The van der Waals surface area contributed by atoms with Crippen LogP contribution in [0.3, 0.4) is 0 Å². The first kappa shape index (κ1) is 25.3.